The molecule has 0 amide bonds. The largest absolute Gasteiger partial charge is 0.398 e. The van der Waals surface area contributed by atoms with Gasteiger partial charge in [0.05, 0.1) is 17.3 Å². The number of nitrogen functional groups attached to an aromatic ring is 1. The quantitative estimate of drug-likeness (QED) is 0.883. The molecule has 84 valence electrons. The van der Waals surface area contributed by atoms with Crippen molar-refractivity contribution in [2.75, 3.05) is 11.1 Å². The fraction of sp³-hybridized carbons (Fsp3) is 0.0909. The molecule has 0 unspecified atom stereocenters. The van der Waals surface area contributed by atoms with E-state index in [1.807, 2.05) is 29.6 Å². The van der Waals surface area contributed by atoms with E-state index in [0.29, 0.717) is 11.6 Å². The Labute approximate surface area is 112 Å². The molecule has 0 aliphatic rings. The fourth-order valence-corrected chi connectivity index (χ4v) is 2.59. The third-order valence-corrected chi connectivity index (χ3v) is 3.91. The lowest BCUT2D eigenvalue weighted by atomic mass is 10.3. The van der Waals surface area contributed by atoms with Crippen molar-refractivity contribution in [2.24, 2.45) is 0 Å². The number of benzene rings is 1. The van der Waals surface area contributed by atoms with E-state index in [4.69, 9.17) is 17.3 Å². The molecule has 3 N–H and O–H groups in total. The molecule has 5 heteroatoms. The Bertz CT molecular complexity index is 498. The molecule has 2 nitrogen and oxygen atoms in total. The van der Waals surface area contributed by atoms with Crippen molar-refractivity contribution in [2.45, 2.75) is 6.54 Å². The monoisotopic (exact) mass is 316 g/mol. The highest BCUT2D eigenvalue weighted by Gasteiger charge is 2.03. The number of halogens is 2. The van der Waals surface area contributed by atoms with Crippen LogP contribution in [0.2, 0.25) is 5.02 Å². The van der Waals surface area contributed by atoms with Crippen LogP contribution in [-0.4, -0.2) is 0 Å². The van der Waals surface area contributed by atoms with E-state index in [9.17, 15) is 0 Å². The summed E-state index contributed by atoms with van der Waals surface area (Å²) in [5, 5.41) is 5.95. The number of anilines is 2. The lowest BCUT2D eigenvalue weighted by Gasteiger charge is -2.08. The maximum atomic E-state index is 6.06. The molecule has 0 aliphatic heterocycles. The van der Waals surface area contributed by atoms with Gasteiger partial charge in [0, 0.05) is 15.0 Å². The first kappa shape index (κ1) is 11.8. The molecule has 2 rings (SSSR count). The van der Waals surface area contributed by atoms with Crippen LogP contribution in [0.4, 0.5) is 11.4 Å². The van der Waals surface area contributed by atoms with E-state index >= 15 is 0 Å². The van der Waals surface area contributed by atoms with Crippen LogP contribution in [-0.2, 0) is 6.54 Å². The zero-order valence-electron chi connectivity index (χ0n) is 8.34. The van der Waals surface area contributed by atoms with Crippen molar-refractivity contribution >= 4 is 50.2 Å². The molecule has 1 aromatic heterocycles. The van der Waals surface area contributed by atoms with Gasteiger partial charge in [-0.1, -0.05) is 27.5 Å². The van der Waals surface area contributed by atoms with Crippen LogP contribution in [0.1, 0.15) is 4.88 Å². The third-order valence-electron chi connectivity index (χ3n) is 2.15. The predicted octanol–water partition coefficient (Wildman–Crippen LogP) is 4.36. The number of hydrogen-bond donors (Lipinski definition) is 2. The fourth-order valence-electron chi connectivity index (χ4n) is 1.30. The zero-order valence-corrected chi connectivity index (χ0v) is 11.5. The molecule has 16 heavy (non-hydrogen) atoms. The molecule has 0 atom stereocenters. The highest BCUT2D eigenvalue weighted by molar-refractivity contribution is 9.10. The smallest absolute Gasteiger partial charge is 0.0638 e. The Balaban J connectivity index is 2.10. The van der Waals surface area contributed by atoms with Crippen LogP contribution in [0.5, 0.6) is 0 Å². The number of nitrogens with one attached hydrogen (secondary N) is 1. The van der Waals surface area contributed by atoms with Gasteiger partial charge in [0.25, 0.3) is 0 Å². The van der Waals surface area contributed by atoms with Gasteiger partial charge in [-0.3, -0.25) is 0 Å². The van der Waals surface area contributed by atoms with E-state index in [2.05, 4.69) is 21.2 Å². The minimum absolute atomic E-state index is 0.694. The standard InChI is InChI=1S/C11H10BrClN2S/c12-7-1-2-8(13)10(5-7)15-6-11-9(14)3-4-16-11/h1-5,15H,6,14H2. The molecular weight excluding hydrogens is 308 g/mol. The van der Waals surface area contributed by atoms with Gasteiger partial charge < -0.3 is 11.1 Å². The first-order valence-electron chi connectivity index (χ1n) is 4.67. The molecule has 2 aromatic rings. The summed E-state index contributed by atoms with van der Waals surface area (Å²) in [5.41, 5.74) is 7.53. The highest BCUT2D eigenvalue weighted by atomic mass is 79.9. The van der Waals surface area contributed by atoms with Crippen LogP contribution < -0.4 is 11.1 Å². The molecule has 0 aliphatic carbocycles. The summed E-state index contributed by atoms with van der Waals surface area (Å²) >= 11 is 11.1. The number of thiophene rings is 1. The minimum atomic E-state index is 0.694. The van der Waals surface area contributed by atoms with Crippen molar-refractivity contribution in [1.82, 2.24) is 0 Å². The van der Waals surface area contributed by atoms with Crippen molar-refractivity contribution in [3.8, 4) is 0 Å². The Morgan fingerprint density at radius 3 is 2.88 bits per heavy atom. The SMILES string of the molecule is Nc1ccsc1CNc1cc(Br)ccc1Cl. The predicted molar refractivity (Wildman–Crippen MR) is 75.2 cm³/mol. The molecular formula is C11H10BrClN2S. The molecule has 0 bridgehead atoms. The summed E-state index contributed by atoms with van der Waals surface area (Å²) < 4.78 is 0.999. The second-order valence-electron chi connectivity index (χ2n) is 3.28. The van der Waals surface area contributed by atoms with E-state index in [-0.39, 0.29) is 0 Å². The number of hydrogen-bond acceptors (Lipinski definition) is 3. The van der Waals surface area contributed by atoms with Crippen LogP contribution in [0.15, 0.2) is 34.1 Å². The number of nitrogens with two attached hydrogens (primary N) is 1. The van der Waals surface area contributed by atoms with E-state index < -0.39 is 0 Å². The van der Waals surface area contributed by atoms with E-state index in [1.54, 1.807) is 11.3 Å². The summed E-state index contributed by atoms with van der Waals surface area (Å²) in [4.78, 5) is 1.12. The average Bonchev–Trinajstić information content (AvgIpc) is 2.66. The molecule has 0 fully saturated rings. The van der Waals surface area contributed by atoms with Gasteiger partial charge >= 0.3 is 0 Å². The summed E-state index contributed by atoms with van der Waals surface area (Å²) in [7, 11) is 0. The van der Waals surface area contributed by atoms with Gasteiger partial charge in [0.1, 0.15) is 0 Å². The Morgan fingerprint density at radius 2 is 2.19 bits per heavy atom. The van der Waals surface area contributed by atoms with Gasteiger partial charge in [0.15, 0.2) is 0 Å². The van der Waals surface area contributed by atoms with Crippen LogP contribution in [0.25, 0.3) is 0 Å². The van der Waals surface area contributed by atoms with Crippen molar-refractivity contribution in [1.29, 1.82) is 0 Å². The van der Waals surface area contributed by atoms with Crippen LogP contribution >= 0.6 is 38.9 Å². The molecule has 0 radical (unpaired) electrons. The van der Waals surface area contributed by atoms with Crippen molar-refractivity contribution in [3.63, 3.8) is 0 Å². The maximum absolute atomic E-state index is 6.06. The van der Waals surface area contributed by atoms with Gasteiger partial charge in [-0.05, 0) is 29.6 Å². The molecule has 0 saturated heterocycles. The van der Waals surface area contributed by atoms with Crippen LogP contribution in [0.3, 0.4) is 0 Å². The average molecular weight is 318 g/mol. The summed E-state index contributed by atoms with van der Waals surface area (Å²) in [6, 6.07) is 7.62. The van der Waals surface area contributed by atoms with E-state index in [0.717, 1.165) is 20.7 Å². The zero-order chi connectivity index (χ0) is 11.5. The Hall–Kier alpha value is -0.710. The number of rotatable bonds is 3. The first-order chi connectivity index (χ1) is 7.66. The van der Waals surface area contributed by atoms with Crippen LogP contribution in [0, 0.1) is 0 Å². The molecule has 1 heterocycles. The topological polar surface area (TPSA) is 38.0 Å². The molecule has 0 saturated carbocycles. The van der Waals surface area contributed by atoms with Gasteiger partial charge in [-0.15, -0.1) is 11.3 Å². The lowest BCUT2D eigenvalue weighted by molar-refractivity contribution is 1.19. The third kappa shape index (κ3) is 2.70. The second-order valence-corrected chi connectivity index (χ2v) is 5.60. The minimum Gasteiger partial charge on any atom is -0.398 e. The summed E-state index contributed by atoms with van der Waals surface area (Å²) in [6.45, 7) is 0.694. The highest BCUT2D eigenvalue weighted by Crippen LogP contribution is 2.27. The molecule has 1 aromatic carbocycles. The van der Waals surface area contributed by atoms with E-state index in [1.165, 1.54) is 0 Å². The van der Waals surface area contributed by atoms with Crippen molar-refractivity contribution < 1.29 is 0 Å². The summed E-state index contributed by atoms with van der Waals surface area (Å²) in [6.07, 6.45) is 0. The van der Waals surface area contributed by atoms with Crippen molar-refractivity contribution in [3.05, 3.63) is 44.0 Å². The van der Waals surface area contributed by atoms with Gasteiger partial charge in [0.2, 0.25) is 0 Å². The summed E-state index contributed by atoms with van der Waals surface area (Å²) in [5.74, 6) is 0. The lowest BCUT2D eigenvalue weighted by Crippen LogP contribution is -2.00. The molecule has 0 spiro atoms. The normalized spacial score (nSPS) is 10.4. The van der Waals surface area contributed by atoms with Gasteiger partial charge in [-0.2, -0.15) is 0 Å². The second kappa shape index (κ2) is 5.08. The Kier molecular flexibility index (Phi) is 3.74. The van der Waals surface area contributed by atoms with Gasteiger partial charge in [-0.25, -0.2) is 0 Å². The maximum Gasteiger partial charge on any atom is 0.0638 e. The Morgan fingerprint density at radius 1 is 1.38 bits per heavy atom. The first-order valence-corrected chi connectivity index (χ1v) is 6.72.